The lowest BCUT2D eigenvalue weighted by atomic mass is 10.0. The summed E-state index contributed by atoms with van der Waals surface area (Å²) < 4.78 is 68.6. The molecule has 0 heterocycles. The number of carbonyl (C=O) groups is 4. The van der Waals surface area contributed by atoms with Gasteiger partial charge in [0.15, 0.2) is 12.2 Å². The second-order valence-corrected chi connectivity index (χ2v) is 32.3. The van der Waals surface area contributed by atoms with Crippen molar-refractivity contribution in [2.45, 2.75) is 432 Å². The molecule has 0 aliphatic rings. The zero-order chi connectivity index (χ0) is 72.1. The number of esters is 4. The second-order valence-electron chi connectivity index (χ2n) is 29.4. The van der Waals surface area contributed by atoms with E-state index in [2.05, 4.69) is 41.5 Å². The Morgan fingerprint density at radius 1 is 0.276 bits per heavy atom. The van der Waals surface area contributed by atoms with E-state index in [4.69, 9.17) is 37.0 Å². The normalized spacial score (nSPS) is 13.9. The van der Waals surface area contributed by atoms with Crippen LogP contribution in [0.1, 0.15) is 414 Å². The van der Waals surface area contributed by atoms with Crippen molar-refractivity contribution >= 4 is 39.5 Å². The molecule has 0 bridgehead atoms. The number of phosphoric ester groups is 2. The first-order valence-corrected chi connectivity index (χ1v) is 44.0. The first kappa shape index (κ1) is 96.1. The van der Waals surface area contributed by atoms with Gasteiger partial charge in [-0.25, -0.2) is 9.13 Å². The fourth-order valence-electron chi connectivity index (χ4n) is 12.2. The van der Waals surface area contributed by atoms with Gasteiger partial charge in [0.2, 0.25) is 0 Å². The van der Waals surface area contributed by atoms with Crippen molar-refractivity contribution in [1.82, 2.24) is 0 Å². The number of hydrogen-bond donors (Lipinski definition) is 3. The molecule has 5 atom stereocenters. The van der Waals surface area contributed by atoms with E-state index >= 15 is 0 Å². The van der Waals surface area contributed by atoms with E-state index in [0.29, 0.717) is 25.7 Å². The van der Waals surface area contributed by atoms with Gasteiger partial charge in [0.05, 0.1) is 26.4 Å². The van der Waals surface area contributed by atoms with Gasteiger partial charge < -0.3 is 33.8 Å². The summed E-state index contributed by atoms with van der Waals surface area (Å²) in [6.45, 7) is 9.64. The predicted octanol–water partition coefficient (Wildman–Crippen LogP) is 23.5. The Kier molecular flexibility index (Phi) is 69.3. The maximum atomic E-state index is 13.1. The highest BCUT2D eigenvalue weighted by atomic mass is 31.2. The summed E-state index contributed by atoms with van der Waals surface area (Å²) >= 11 is 0. The average Bonchev–Trinajstić information content (AvgIpc) is 1.21. The van der Waals surface area contributed by atoms with Crippen molar-refractivity contribution < 1.29 is 80.2 Å². The Labute approximate surface area is 600 Å². The topological polar surface area (TPSA) is 237 Å². The lowest BCUT2D eigenvalue weighted by molar-refractivity contribution is -0.161. The molecule has 3 N–H and O–H groups in total. The van der Waals surface area contributed by atoms with Crippen LogP contribution in [0.5, 0.6) is 0 Å². The van der Waals surface area contributed by atoms with Crippen LogP contribution in [0.15, 0.2) is 0 Å². The van der Waals surface area contributed by atoms with E-state index in [1.807, 2.05) is 0 Å². The Morgan fingerprint density at radius 2 is 0.469 bits per heavy atom. The van der Waals surface area contributed by atoms with E-state index in [1.165, 1.54) is 231 Å². The van der Waals surface area contributed by atoms with Gasteiger partial charge in [-0.2, -0.15) is 0 Å². The highest BCUT2D eigenvalue weighted by Gasteiger charge is 2.30. The molecule has 0 radical (unpaired) electrons. The van der Waals surface area contributed by atoms with Crippen LogP contribution in [0.3, 0.4) is 0 Å². The molecule has 0 spiro atoms. The van der Waals surface area contributed by atoms with Gasteiger partial charge in [0, 0.05) is 25.7 Å². The van der Waals surface area contributed by atoms with E-state index in [-0.39, 0.29) is 25.7 Å². The van der Waals surface area contributed by atoms with Crippen LogP contribution in [0.25, 0.3) is 0 Å². The Bertz CT molecular complexity index is 1890. The second kappa shape index (κ2) is 70.7. The van der Waals surface area contributed by atoms with E-state index in [9.17, 15) is 43.2 Å². The average molecular weight is 1440 g/mol. The van der Waals surface area contributed by atoms with Crippen LogP contribution >= 0.6 is 15.6 Å². The van der Waals surface area contributed by atoms with Crippen molar-refractivity contribution in [3.05, 3.63) is 0 Å². The van der Waals surface area contributed by atoms with Crippen molar-refractivity contribution in [3.63, 3.8) is 0 Å². The van der Waals surface area contributed by atoms with Crippen LogP contribution in [-0.2, 0) is 65.4 Å². The third kappa shape index (κ3) is 72.4. The molecule has 17 nitrogen and oxygen atoms in total. The van der Waals surface area contributed by atoms with Crippen molar-refractivity contribution in [1.29, 1.82) is 0 Å². The summed E-state index contributed by atoms with van der Waals surface area (Å²) in [5.41, 5.74) is 0. The number of unbranched alkanes of at least 4 members (excludes halogenated alkanes) is 48. The SMILES string of the molecule is CCCCCCCCCCCCCCCCC(=O)OC[C@H](COP(=O)(O)OC[C@@H](O)COP(=O)(O)OC[C@@H](COC(=O)CCCCCCCCCCCC)OC(=O)CCCCCCCCCCCCC(C)C)OC(=O)CCCCCCCCCCCCCCCCCCCCC(C)C. The number of aliphatic hydroxyl groups is 1. The highest BCUT2D eigenvalue weighted by Crippen LogP contribution is 2.45. The standard InChI is InChI=1S/C79H154O17P2/c1-7-9-11-13-15-17-19-20-28-31-38-44-50-56-62-77(82)90-68-75(95-78(83)63-57-51-45-39-32-29-26-24-22-21-23-25-27-30-35-41-47-53-59-71(3)4)70-94-98(87,88)92-66-73(80)65-91-97(85,86)93-69-74(67-89-76(81)61-55-49-43-37-18-16-14-12-10-8-2)96-79(84)64-58-52-46-40-34-33-36-42-48-54-60-72(5)6/h71-75,80H,7-70H2,1-6H3,(H,85,86)(H,87,88)/t73-,74+,75+/m0/s1. The number of ether oxygens (including phenoxy) is 4. The van der Waals surface area contributed by atoms with Gasteiger partial charge in [-0.15, -0.1) is 0 Å². The number of hydrogen-bond acceptors (Lipinski definition) is 15. The Balaban J connectivity index is 5.21. The Hall–Kier alpha value is -1.94. The fourth-order valence-corrected chi connectivity index (χ4v) is 13.8. The number of rotatable bonds is 78. The van der Waals surface area contributed by atoms with E-state index in [0.717, 1.165) is 102 Å². The smallest absolute Gasteiger partial charge is 0.462 e. The lowest BCUT2D eigenvalue weighted by Crippen LogP contribution is -2.30. The molecule has 0 aliphatic carbocycles. The van der Waals surface area contributed by atoms with Crippen LogP contribution in [0, 0.1) is 11.8 Å². The van der Waals surface area contributed by atoms with Crippen molar-refractivity contribution in [2.24, 2.45) is 11.8 Å². The van der Waals surface area contributed by atoms with Crippen LogP contribution in [0.2, 0.25) is 0 Å². The first-order chi connectivity index (χ1) is 47.4. The minimum absolute atomic E-state index is 0.106. The predicted molar refractivity (Wildman–Crippen MR) is 400 cm³/mol. The maximum Gasteiger partial charge on any atom is 0.472 e. The minimum atomic E-state index is -4.96. The minimum Gasteiger partial charge on any atom is -0.462 e. The van der Waals surface area contributed by atoms with E-state index < -0.39 is 97.5 Å². The maximum absolute atomic E-state index is 13.1. The van der Waals surface area contributed by atoms with Gasteiger partial charge in [-0.3, -0.25) is 37.3 Å². The summed E-state index contributed by atoms with van der Waals surface area (Å²) in [7, 11) is -9.91. The molecule has 0 aromatic carbocycles. The third-order valence-electron chi connectivity index (χ3n) is 18.5. The lowest BCUT2D eigenvalue weighted by Gasteiger charge is -2.21. The molecule has 2 unspecified atom stereocenters. The van der Waals surface area contributed by atoms with E-state index in [1.54, 1.807) is 0 Å². The molecule has 19 heteroatoms. The van der Waals surface area contributed by atoms with Gasteiger partial charge in [0.1, 0.15) is 19.3 Å². The van der Waals surface area contributed by atoms with Crippen LogP contribution in [0.4, 0.5) is 0 Å². The molecular formula is C79H154O17P2. The molecule has 0 aromatic heterocycles. The molecule has 0 aromatic rings. The first-order valence-electron chi connectivity index (χ1n) is 41.0. The largest absolute Gasteiger partial charge is 0.472 e. The molecule has 0 amide bonds. The van der Waals surface area contributed by atoms with Gasteiger partial charge >= 0.3 is 39.5 Å². The Morgan fingerprint density at radius 3 is 0.694 bits per heavy atom. The summed E-state index contributed by atoms with van der Waals surface area (Å²) in [4.78, 5) is 72.9. The molecule has 0 saturated carbocycles. The zero-order valence-corrected chi connectivity index (χ0v) is 65.9. The van der Waals surface area contributed by atoms with Crippen molar-refractivity contribution in [3.8, 4) is 0 Å². The van der Waals surface area contributed by atoms with Crippen LogP contribution in [-0.4, -0.2) is 96.7 Å². The third-order valence-corrected chi connectivity index (χ3v) is 20.4. The van der Waals surface area contributed by atoms with Crippen molar-refractivity contribution in [2.75, 3.05) is 39.6 Å². The summed E-state index contributed by atoms with van der Waals surface area (Å²) in [5, 5.41) is 10.6. The number of phosphoric acid groups is 2. The molecule has 582 valence electrons. The highest BCUT2D eigenvalue weighted by molar-refractivity contribution is 7.47. The van der Waals surface area contributed by atoms with Gasteiger partial charge in [-0.1, -0.05) is 363 Å². The number of aliphatic hydroxyl groups excluding tert-OH is 1. The summed E-state index contributed by atoms with van der Waals surface area (Å²) in [6, 6.07) is 0. The molecule has 0 saturated heterocycles. The fraction of sp³-hybridized carbons (Fsp3) is 0.949. The van der Waals surface area contributed by atoms with Crippen LogP contribution < -0.4 is 0 Å². The molecule has 0 aliphatic heterocycles. The number of carbonyl (C=O) groups excluding carboxylic acids is 4. The van der Waals surface area contributed by atoms with Gasteiger partial charge in [0.25, 0.3) is 0 Å². The molecule has 98 heavy (non-hydrogen) atoms. The molecular weight excluding hydrogens is 1280 g/mol. The summed E-state index contributed by atoms with van der Waals surface area (Å²) in [6.07, 6.45) is 59.6. The molecule has 0 fully saturated rings. The van der Waals surface area contributed by atoms with Gasteiger partial charge in [-0.05, 0) is 37.5 Å². The summed E-state index contributed by atoms with van der Waals surface area (Å²) in [5.74, 6) is -0.538. The molecule has 0 rings (SSSR count). The monoisotopic (exact) mass is 1440 g/mol. The zero-order valence-electron chi connectivity index (χ0n) is 64.1. The quantitative estimate of drug-likeness (QED) is 0.0222.